The van der Waals surface area contributed by atoms with Gasteiger partial charge in [-0.1, -0.05) is 0 Å². The van der Waals surface area contributed by atoms with E-state index in [4.69, 9.17) is 5.73 Å². The van der Waals surface area contributed by atoms with Crippen LogP contribution in [-0.2, 0) is 25.8 Å². The minimum atomic E-state index is -4.86. The van der Waals surface area contributed by atoms with Gasteiger partial charge in [0.15, 0.2) is 0 Å². The summed E-state index contributed by atoms with van der Waals surface area (Å²) < 4.78 is 27.6. The summed E-state index contributed by atoms with van der Waals surface area (Å²) in [5, 5.41) is 0.722. The van der Waals surface area contributed by atoms with Gasteiger partial charge in [0.2, 0.25) is 0 Å². The third-order valence-electron chi connectivity index (χ3n) is 1.64. The van der Waals surface area contributed by atoms with Crippen molar-refractivity contribution in [2.75, 3.05) is 26.2 Å². The molecule has 1 fully saturated rings. The average Bonchev–Trinajstić information content (AvgIpc) is 2.36. The quantitative estimate of drug-likeness (QED) is 0.762. The molecule has 6 heteroatoms. The third-order valence-corrected chi connectivity index (χ3v) is 1.64. The van der Waals surface area contributed by atoms with Crippen LogP contribution in [0.2, 0.25) is 5.40 Å². The topological polar surface area (TPSA) is 80.5 Å². The number of nitrogens with zero attached hydrogens (tertiary/aromatic N) is 1. The summed E-state index contributed by atoms with van der Waals surface area (Å²) in [6, 6.07) is 0. The van der Waals surface area contributed by atoms with Crippen LogP contribution in [0.4, 0.5) is 0 Å². The standard InChI is InChI=1S/C6H14N2.CH3.3O.Re/c7-3-6-8-4-1-2-5-8;;;;;/h1-7H2;1H3;;;;. The normalized spacial score (nSPS) is 18.0. The molecule has 13 heavy (non-hydrogen) atoms. The van der Waals surface area contributed by atoms with E-state index < -0.39 is 15.4 Å². The van der Waals surface area contributed by atoms with E-state index in [2.05, 4.69) is 4.90 Å². The maximum absolute atomic E-state index is 9.19. The van der Waals surface area contributed by atoms with Gasteiger partial charge < -0.3 is 10.6 Å². The van der Waals surface area contributed by atoms with E-state index in [-0.39, 0.29) is 0 Å². The Balaban J connectivity index is 0.000000252. The van der Waals surface area contributed by atoms with Crippen LogP contribution in [0.5, 0.6) is 0 Å². The second kappa shape index (κ2) is 6.44. The van der Waals surface area contributed by atoms with Crippen LogP contribution in [0.15, 0.2) is 0 Å². The molecule has 0 aromatic carbocycles. The molecule has 1 heterocycles. The minimum absolute atomic E-state index is 0.722. The van der Waals surface area contributed by atoms with Crippen molar-refractivity contribution in [2.24, 2.45) is 5.73 Å². The molecular formula is C7H17N2O3Re. The zero-order valence-electron chi connectivity index (χ0n) is 7.87. The molecule has 2 N–H and O–H groups in total. The van der Waals surface area contributed by atoms with Crippen molar-refractivity contribution >= 4 is 0 Å². The number of hydrogen-bond donors (Lipinski definition) is 1. The molecule has 0 atom stereocenters. The molecule has 1 aliphatic rings. The molecule has 80 valence electrons. The van der Waals surface area contributed by atoms with E-state index >= 15 is 0 Å². The van der Waals surface area contributed by atoms with E-state index in [0.29, 0.717) is 0 Å². The fourth-order valence-corrected chi connectivity index (χ4v) is 1.19. The monoisotopic (exact) mass is 364 g/mol. The Bertz CT molecular complexity index is 247. The molecule has 0 spiro atoms. The van der Waals surface area contributed by atoms with E-state index in [1.165, 1.54) is 25.9 Å². The Kier molecular flexibility index (Phi) is 6.43. The van der Waals surface area contributed by atoms with E-state index in [9.17, 15) is 10.4 Å². The van der Waals surface area contributed by atoms with Gasteiger partial charge in [0.1, 0.15) is 0 Å². The first kappa shape index (κ1) is 13.0. The molecule has 0 bridgehead atoms. The van der Waals surface area contributed by atoms with Gasteiger partial charge >= 0.3 is 31.2 Å². The summed E-state index contributed by atoms with van der Waals surface area (Å²) in [5.41, 5.74) is 5.37. The second-order valence-corrected chi connectivity index (χ2v) is 7.67. The zero-order valence-corrected chi connectivity index (χ0v) is 10.6. The predicted octanol–water partition coefficient (Wildman–Crippen LogP) is 0.266. The molecule has 0 saturated carbocycles. The van der Waals surface area contributed by atoms with Gasteiger partial charge in [-0.15, -0.1) is 0 Å². The van der Waals surface area contributed by atoms with Crippen molar-refractivity contribution in [3.63, 3.8) is 0 Å². The van der Waals surface area contributed by atoms with E-state index in [0.717, 1.165) is 18.5 Å². The van der Waals surface area contributed by atoms with Gasteiger partial charge in [0.05, 0.1) is 0 Å². The van der Waals surface area contributed by atoms with Crippen LogP contribution in [0.3, 0.4) is 0 Å². The van der Waals surface area contributed by atoms with Crippen LogP contribution >= 0.6 is 0 Å². The van der Waals surface area contributed by atoms with Crippen molar-refractivity contribution in [3.05, 3.63) is 0 Å². The Morgan fingerprint density at radius 2 is 1.62 bits per heavy atom. The predicted molar refractivity (Wildman–Crippen MR) is 42.7 cm³/mol. The Labute approximate surface area is 81.2 Å². The molecule has 0 aromatic heterocycles. The summed E-state index contributed by atoms with van der Waals surface area (Å²) >= 11 is -4.86. The van der Waals surface area contributed by atoms with Gasteiger partial charge in [-0.3, -0.25) is 0 Å². The molecule has 5 nitrogen and oxygen atoms in total. The van der Waals surface area contributed by atoms with Crippen molar-refractivity contribution in [1.82, 2.24) is 4.90 Å². The van der Waals surface area contributed by atoms with Gasteiger partial charge in [-0.05, 0) is 25.9 Å². The number of nitrogens with two attached hydrogens (primary N) is 1. The molecule has 0 amide bonds. The molecule has 0 unspecified atom stereocenters. The summed E-state index contributed by atoms with van der Waals surface area (Å²) in [7, 11) is 0. The van der Waals surface area contributed by atoms with Crippen LogP contribution in [0.25, 0.3) is 0 Å². The Hall–Kier alpha value is -0.0177. The summed E-state index contributed by atoms with van der Waals surface area (Å²) in [4.78, 5) is 2.42. The maximum atomic E-state index is 9.19. The first-order valence-corrected chi connectivity index (χ1v) is 10.2. The molecule has 1 rings (SSSR count). The summed E-state index contributed by atoms with van der Waals surface area (Å²) in [6.45, 7) is 4.47. The summed E-state index contributed by atoms with van der Waals surface area (Å²) in [6.07, 6.45) is 2.75. The van der Waals surface area contributed by atoms with Crippen LogP contribution in [-0.4, -0.2) is 31.1 Å². The van der Waals surface area contributed by atoms with Crippen LogP contribution < -0.4 is 5.73 Å². The Morgan fingerprint density at radius 1 is 1.23 bits per heavy atom. The van der Waals surface area contributed by atoms with Crippen molar-refractivity contribution in [2.45, 2.75) is 18.2 Å². The second-order valence-electron chi connectivity index (χ2n) is 2.99. The first-order valence-electron chi connectivity index (χ1n) is 4.20. The Morgan fingerprint density at radius 3 is 1.92 bits per heavy atom. The van der Waals surface area contributed by atoms with Crippen molar-refractivity contribution < 1.29 is 25.8 Å². The van der Waals surface area contributed by atoms with Crippen molar-refractivity contribution in [1.29, 1.82) is 0 Å². The number of hydrogen-bond acceptors (Lipinski definition) is 5. The molecular weight excluding hydrogens is 346 g/mol. The SMILES string of the molecule is NCCN1CCCC1.[CH3][Re](=[O])(=[O])=[O]. The van der Waals surface area contributed by atoms with Gasteiger partial charge in [-0.2, -0.15) is 0 Å². The van der Waals surface area contributed by atoms with Crippen LogP contribution in [0.1, 0.15) is 12.8 Å². The van der Waals surface area contributed by atoms with E-state index in [1.54, 1.807) is 0 Å². The molecule has 0 radical (unpaired) electrons. The number of rotatable bonds is 2. The van der Waals surface area contributed by atoms with Crippen LogP contribution in [0, 0.1) is 0 Å². The fourth-order valence-electron chi connectivity index (χ4n) is 1.19. The molecule has 0 aliphatic carbocycles. The van der Waals surface area contributed by atoms with E-state index in [1.807, 2.05) is 0 Å². The molecule has 1 aliphatic heterocycles. The van der Waals surface area contributed by atoms with Gasteiger partial charge in [-0.25, -0.2) is 0 Å². The third kappa shape index (κ3) is 12.0. The first-order chi connectivity index (χ1) is 5.93. The number of likely N-dealkylation sites (tertiary alicyclic amines) is 1. The van der Waals surface area contributed by atoms with Crippen molar-refractivity contribution in [3.8, 4) is 0 Å². The molecule has 1 saturated heterocycles. The molecule has 0 aromatic rings. The summed E-state index contributed by atoms with van der Waals surface area (Å²) in [5.74, 6) is 0. The average molecular weight is 363 g/mol. The fraction of sp³-hybridized carbons (Fsp3) is 1.00. The van der Waals surface area contributed by atoms with Gasteiger partial charge in [0.25, 0.3) is 0 Å². The van der Waals surface area contributed by atoms with Gasteiger partial charge in [0, 0.05) is 13.1 Å². The zero-order chi connectivity index (χ0) is 10.3.